The highest BCUT2D eigenvalue weighted by Gasteiger charge is 2.60. The lowest BCUT2D eigenvalue weighted by molar-refractivity contribution is -0.236. The van der Waals surface area contributed by atoms with Crippen LogP contribution in [0, 0.1) is 5.41 Å². The minimum Gasteiger partial charge on any atom is -0.456 e. The van der Waals surface area contributed by atoms with E-state index in [9.17, 15) is 4.79 Å². The fourth-order valence-electron chi connectivity index (χ4n) is 3.12. The maximum atomic E-state index is 12.4. The first-order valence-corrected chi connectivity index (χ1v) is 8.42. The van der Waals surface area contributed by atoms with Crippen LogP contribution in [-0.4, -0.2) is 54.9 Å². The van der Waals surface area contributed by atoms with E-state index in [2.05, 4.69) is 0 Å². The Balaban J connectivity index is 1.79. The molecule has 0 aromatic heterocycles. The normalized spacial score (nSPS) is 40.5. The molecule has 3 saturated heterocycles. The van der Waals surface area contributed by atoms with Gasteiger partial charge in [0.15, 0.2) is 30.1 Å². The number of hydrogen-bond acceptors (Lipinski definition) is 7. The summed E-state index contributed by atoms with van der Waals surface area (Å²) in [5.41, 5.74) is -0.621. The van der Waals surface area contributed by atoms with E-state index < -0.39 is 41.6 Å². The Kier molecular flexibility index (Phi) is 4.25. The number of carbonyl (C=O) groups is 1. The molecule has 0 spiro atoms. The number of fused-ring (bicyclic) bond motifs is 1. The summed E-state index contributed by atoms with van der Waals surface area (Å²) in [6.07, 6.45) is -2.52. The third kappa shape index (κ3) is 3.46. The van der Waals surface area contributed by atoms with Crippen LogP contribution in [0.25, 0.3) is 0 Å². The molecule has 0 saturated carbocycles. The molecule has 5 atom stereocenters. The average molecular weight is 344 g/mol. The number of rotatable bonds is 2. The fraction of sp³-hybridized carbons (Fsp3) is 0.941. The van der Waals surface area contributed by atoms with Crippen LogP contribution < -0.4 is 0 Å². The lowest BCUT2D eigenvalue weighted by atomic mass is 9.96. The molecular weight excluding hydrogens is 316 g/mol. The van der Waals surface area contributed by atoms with E-state index in [0.717, 1.165) is 0 Å². The molecule has 0 unspecified atom stereocenters. The number of carbonyl (C=O) groups excluding carboxylic acids is 1. The molecule has 3 aliphatic rings. The van der Waals surface area contributed by atoms with E-state index in [1.165, 1.54) is 0 Å². The van der Waals surface area contributed by atoms with Crippen molar-refractivity contribution in [3.63, 3.8) is 0 Å². The zero-order valence-corrected chi connectivity index (χ0v) is 15.5. The lowest BCUT2D eigenvalue weighted by Gasteiger charge is -2.30. The molecule has 0 aliphatic carbocycles. The van der Waals surface area contributed by atoms with Crippen LogP contribution in [0.4, 0.5) is 0 Å². The number of ether oxygens (including phenoxy) is 6. The molecule has 3 heterocycles. The van der Waals surface area contributed by atoms with Gasteiger partial charge in [0.2, 0.25) is 0 Å². The van der Waals surface area contributed by atoms with Crippen LogP contribution in [0.5, 0.6) is 0 Å². The van der Waals surface area contributed by atoms with Crippen LogP contribution in [0.1, 0.15) is 48.5 Å². The Labute approximate surface area is 142 Å². The summed E-state index contributed by atoms with van der Waals surface area (Å²) in [6.45, 7) is 13.1. The van der Waals surface area contributed by atoms with E-state index >= 15 is 0 Å². The monoisotopic (exact) mass is 344 g/mol. The highest BCUT2D eigenvalue weighted by molar-refractivity contribution is 5.75. The van der Waals surface area contributed by atoms with Gasteiger partial charge >= 0.3 is 5.97 Å². The molecule has 0 aromatic rings. The Morgan fingerprint density at radius 3 is 2.21 bits per heavy atom. The molecule has 3 rings (SSSR count). The van der Waals surface area contributed by atoms with Crippen LogP contribution in [0.15, 0.2) is 0 Å². The summed E-state index contributed by atoms with van der Waals surface area (Å²) in [6, 6.07) is 0. The summed E-state index contributed by atoms with van der Waals surface area (Å²) in [5.74, 6) is -1.78. The SMILES string of the molecule is CC1(C)O[C@H]2O[C@H]([C@H]3COC(C)(C)O3)[C@@H](OC(=O)C(C)(C)C)[C@H]2O1. The van der Waals surface area contributed by atoms with E-state index in [1.807, 2.05) is 48.5 Å². The van der Waals surface area contributed by atoms with Gasteiger partial charge in [0.25, 0.3) is 0 Å². The standard InChI is InChI=1S/C17H28O7/c1-15(2,3)14(18)21-11-10(9-8-19-16(4,5)22-9)20-13-12(11)23-17(6,7)24-13/h9-13H,8H2,1-7H3/t9-,10-,11-,12-,13-/m1/s1. The van der Waals surface area contributed by atoms with Crippen molar-refractivity contribution in [3.8, 4) is 0 Å². The van der Waals surface area contributed by atoms with Crippen LogP contribution in [-0.2, 0) is 33.2 Å². The van der Waals surface area contributed by atoms with Gasteiger partial charge in [-0.1, -0.05) is 0 Å². The predicted molar refractivity (Wildman–Crippen MR) is 82.9 cm³/mol. The first kappa shape index (κ1) is 18.1. The second kappa shape index (κ2) is 5.64. The van der Waals surface area contributed by atoms with E-state index in [-0.39, 0.29) is 12.1 Å². The van der Waals surface area contributed by atoms with E-state index in [0.29, 0.717) is 6.61 Å². The van der Waals surface area contributed by atoms with Crippen LogP contribution >= 0.6 is 0 Å². The van der Waals surface area contributed by atoms with Crippen molar-refractivity contribution in [2.24, 2.45) is 5.41 Å². The van der Waals surface area contributed by atoms with Crippen LogP contribution in [0.3, 0.4) is 0 Å². The van der Waals surface area contributed by atoms with Gasteiger partial charge in [0.1, 0.15) is 12.2 Å². The maximum Gasteiger partial charge on any atom is 0.311 e. The molecule has 0 aromatic carbocycles. The van der Waals surface area contributed by atoms with Crippen molar-refractivity contribution < 1.29 is 33.2 Å². The van der Waals surface area contributed by atoms with E-state index in [1.54, 1.807) is 0 Å². The summed E-state index contributed by atoms with van der Waals surface area (Å²) in [4.78, 5) is 12.4. The van der Waals surface area contributed by atoms with Crippen LogP contribution in [0.2, 0.25) is 0 Å². The molecule has 3 aliphatic heterocycles. The van der Waals surface area contributed by atoms with Gasteiger partial charge in [-0.15, -0.1) is 0 Å². The van der Waals surface area contributed by atoms with Gasteiger partial charge < -0.3 is 28.4 Å². The van der Waals surface area contributed by atoms with Crippen molar-refractivity contribution in [1.82, 2.24) is 0 Å². The maximum absolute atomic E-state index is 12.4. The zero-order valence-electron chi connectivity index (χ0n) is 15.5. The third-order valence-corrected chi connectivity index (χ3v) is 4.28. The Morgan fingerprint density at radius 1 is 1.00 bits per heavy atom. The molecule has 7 nitrogen and oxygen atoms in total. The number of esters is 1. The topological polar surface area (TPSA) is 72.5 Å². The molecular formula is C17H28O7. The highest BCUT2D eigenvalue weighted by atomic mass is 16.8. The molecule has 0 N–H and O–H groups in total. The highest BCUT2D eigenvalue weighted by Crippen LogP contribution is 2.42. The predicted octanol–water partition coefficient (Wildman–Crippen LogP) is 1.97. The fourth-order valence-corrected chi connectivity index (χ4v) is 3.12. The van der Waals surface area contributed by atoms with Crippen molar-refractivity contribution >= 4 is 5.97 Å². The summed E-state index contributed by atoms with van der Waals surface area (Å²) < 4.78 is 35.0. The quantitative estimate of drug-likeness (QED) is 0.709. The van der Waals surface area contributed by atoms with Crippen molar-refractivity contribution in [3.05, 3.63) is 0 Å². The molecule has 24 heavy (non-hydrogen) atoms. The summed E-state index contributed by atoms with van der Waals surface area (Å²) >= 11 is 0. The smallest absolute Gasteiger partial charge is 0.311 e. The number of hydrogen-bond donors (Lipinski definition) is 0. The average Bonchev–Trinajstić information content (AvgIpc) is 3.00. The van der Waals surface area contributed by atoms with Gasteiger partial charge in [0.05, 0.1) is 12.0 Å². The first-order valence-electron chi connectivity index (χ1n) is 8.42. The molecule has 0 bridgehead atoms. The molecule has 7 heteroatoms. The molecule has 0 radical (unpaired) electrons. The van der Waals surface area contributed by atoms with Crippen molar-refractivity contribution in [2.45, 2.75) is 90.7 Å². The van der Waals surface area contributed by atoms with Gasteiger partial charge in [-0.25, -0.2) is 0 Å². The summed E-state index contributed by atoms with van der Waals surface area (Å²) in [5, 5.41) is 0. The minimum absolute atomic E-state index is 0.312. The van der Waals surface area contributed by atoms with Gasteiger partial charge in [-0.05, 0) is 48.5 Å². The first-order chi connectivity index (χ1) is 10.9. The van der Waals surface area contributed by atoms with Gasteiger partial charge in [-0.3, -0.25) is 4.79 Å². The Bertz CT molecular complexity index is 508. The van der Waals surface area contributed by atoms with E-state index in [4.69, 9.17) is 28.4 Å². The second-order valence-corrected chi connectivity index (χ2v) is 8.56. The third-order valence-electron chi connectivity index (χ3n) is 4.28. The molecule has 138 valence electrons. The second-order valence-electron chi connectivity index (χ2n) is 8.56. The zero-order chi connectivity index (χ0) is 17.9. The molecule has 3 fully saturated rings. The lowest BCUT2D eigenvalue weighted by Crippen LogP contribution is -2.46. The summed E-state index contributed by atoms with van der Waals surface area (Å²) in [7, 11) is 0. The van der Waals surface area contributed by atoms with Crippen molar-refractivity contribution in [2.75, 3.05) is 6.61 Å². The Morgan fingerprint density at radius 2 is 1.67 bits per heavy atom. The Hall–Kier alpha value is -0.730. The van der Waals surface area contributed by atoms with Gasteiger partial charge in [-0.2, -0.15) is 0 Å². The minimum atomic E-state index is -0.779. The largest absolute Gasteiger partial charge is 0.456 e. The van der Waals surface area contributed by atoms with Gasteiger partial charge in [0, 0.05) is 0 Å². The molecule has 0 amide bonds. The van der Waals surface area contributed by atoms with Crippen molar-refractivity contribution in [1.29, 1.82) is 0 Å².